The number of hydrazone groups is 1. The fraction of sp³-hybridized carbons (Fsp3) is 0.407. The minimum Gasteiger partial charge on any atom is -0.516 e. The summed E-state index contributed by atoms with van der Waals surface area (Å²) >= 11 is 0. The molecule has 0 saturated heterocycles. The predicted molar refractivity (Wildman–Crippen MR) is 138 cm³/mol. The number of benzene rings is 2. The van der Waals surface area contributed by atoms with Gasteiger partial charge in [-0.05, 0) is 56.5 Å². The number of aliphatic hydroxyl groups is 1. The largest absolute Gasteiger partial charge is 0.516 e. The Morgan fingerprint density at radius 2 is 1.84 bits per heavy atom. The molecule has 0 fully saturated rings. The number of aliphatic imine (C=N–C) groups is 1. The number of nitrogens with two attached hydrogens (primary N) is 1. The zero-order chi connectivity index (χ0) is 28.0. The van der Waals surface area contributed by atoms with Crippen molar-refractivity contribution in [3.63, 3.8) is 0 Å². The Balaban J connectivity index is 1.89. The van der Waals surface area contributed by atoms with E-state index in [4.69, 9.17) is 10.8 Å². The molecule has 3 unspecified atom stereocenters. The van der Waals surface area contributed by atoms with E-state index in [9.17, 15) is 17.6 Å². The molecule has 0 spiro atoms. The minimum absolute atomic E-state index is 0.122. The number of halogens is 5. The van der Waals surface area contributed by atoms with Gasteiger partial charge in [0.1, 0.15) is 11.7 Å². The predicted octanol–water partition coefficient (Wildman–Crippen LogP) is 4.67. The Bertz CT molecular complexity index is 1210. The molecule has 1 aliphatic heterocycles. The van der Waals surface area contributed by atoms with E-state index in [0.717, 1.165) is 18.7 Å². The first-order valence-electron chi connectivity index (χ1n) is 12.2. The second-order valence-electron chi connectivity index (χ2n) is 9.31. The third kappa shape index (κ3) is 6.32. The molecule has 0 aliphatic carbocycles. The Morgan fingerprint density at radius 3 is 2.42 bits per heavy atom. The highest BCUT2D eigenvalue weighted by Crippen LogP contribution is 2.31. The standard InChI is InChI=1S/C27H32F5N5O/c1-34-14-16(6-4-5-9-38)12-22-23(27(33)36-37(22)3)26(35-2)17-8-7-15(11-19(17)28)10-18-24(31)20(29)13-21(30)25(18)32/h5,7-9,11,13,16,22-23,34,38H,4,6,10,12,14H2,1-3H3,(H2,33,36)/b9-5+,35-26-. The molecule has 4 N–H and O–H groups in total. The van der Waals surface area contributed by atoms with Crippen molar-refractivity contribution >= 4 is 11.5 Å². The lowest BCUT2D eigenvalue weighted by molar-refractivity contribution is 0.218. The van der Waals surface area contributed by atoms with Crippen LogP contribution in [0.5, 0.6) is 0 Å². The molecule has 38 heavy (non-hydrogen) atoms. The molecule has 0 amide bonds. The summed E-state index contributed by atoms with van der Waals surface area (Å²) in [5.41, 5.74) is 6.08. The van der Waals surface area contributed by atoms with Crippen molar-refractivity contribution < 1.29 is 27.1 Å². The molecule has 0 radical (unpaired) electrons. The monoisotopic (exact) mass is 537 g/mol. The van der Waals surface area contributed by atoms with Crippen LogP contribution in [0.3, 0.4) is 0 Å². The fourth-order valence-electron chi connectivity index (χ4n) is 4.97. The van der Waals surface area contributed by atoms with Gasteiger partial charge in [-0.1, -0.05) is 12.1 Å². The van der Waals surface area contributed by atoms with Gasteiger partial charge < -0.3 is 16.2 Å². The van der Waals surface area contributed by atoms with Gasteiger partial charge >= 0.3 is 0 Å². The molecular weight excluding hydrogens is 505 g/mol. The van der Waals surface area contributed by atoms with Crippen molar-refractivity contribution in [2.75, 3.05) is 27.7 Å². The summed E-state index contributed by atoms with van der Waals surface area (Å²) in [5.74, 6) is -6.84. The van der Waals surface area contributed by atoms with Gasteiger partial charge in [-0.25, -0.2) is 22.0 Å². The van der Waals surface area contributed by atoms with Crippen LogP contribution >= 0.6 is 0 Å². The smallest absolute Gasteiger partial charge is 0.165 e. The van der Waals surface area contributed by atoms with Gasteiger partial charge in [-0.3, -0.25) is 10.0 Å². The highest BCUT2D eigenvalue weighted by molar-refractivity contribution is 6.15. The first-order valence-corrected chi connectivity index (χ1v) is 12.2. The van der Waals surface area contributed by atoms with E-state index in [1.54, 1.807) is 18.1 Å². The van der Waals surface area contributed by atoms with Crippen LogP contribution in [0.2, 0.25) is 0 Å². The molecular formula is C27H32F5N5O. The lowest BCUT2D eigenvalue weighted by Crippen LogP contribution is -2.41. The van der Waals surface area contributed by atoms with E-state index in [1.165, 1.54) is 19.2 Å². The Kier molecular flexibility index (Phi) is 9.84. The maximum absolute atomic E-state index is 15.4. The highest BCUT2D eigenvalue weighted by atomic mass is 19.2. The maximum atomic E-state index is 15.4. The number of amidine groups is 1. The van der Waals surface area contributed by atoms with Crippen molar-refractivity contribution in [3.8, 4) is 0 Å². The quantitative estimate of drug-likeness (QED) is 0.168. The molecule has 0 aromatic heterocycles. The average Bonchev–Trinajstić information content (AvgIpc) is 3.15. The molecule has 0 saturated carbocycles. The van der Waals surface area contributed by atoms with Crippen LogP contribution in [-0.4, -0.2) is 55.4 Å². The number of aliphatic hydroxyl groups excluding tert-OH is 1. The van der Waals surface area contributed by atoms with Gasteiger partial charge in [0, 0.05) is 37.7 Å². The fourth-order valence-corrected chi connectivity index (χ4v) is 4.97. The highest BCUT2D eigenvalue weighted by Gasteiger charge is 2.40. The Labute approximate surface area is 218 Å². The van der Waals surface area contributed by atoms with Gasteiger partial charge in [0.05, 0.1) is 23.9 Å². The zero-order valence-corrected chi connectivity index (χ0v) is 21.5. The van der Waals surface area contributed by atoms with E-state index < -0.39 is 47.0 Å². The van der Waals surface area contributed by atoms with Crippen LogP contribution in [-0.2, 0) is 6.42 Å². The normalized spacial score (nSPS) is 18.9. The van der Waals surface area contributed by atoms with Crippen molar-refractivity contribution in [3.05, 3.63) is 82.4 Å². The van der Waals surface area contributed by atoms with Gasteiger partial charge in [-0.15, -0.1) is 0 Å². The number of nitrogens with zero attached hydrogens (tertiary/aromatic N) is 3. The van der Waals surface area contributed by atoms with Gasteiger partial charge in [0.25, 0.3) is 0 Å². The molecule has 6 nitrogen and oxygen atoms in total. The molecule has 1 heterocycles. The van der Waals surface area contributed by atoms with Crippen LogP contribution < -0.4 is 11.1 Å². The van der Waals surface area contributed by atoms with Crippen molar-refractivity contribution in [1.82, 2.24) is 10.3 Å². The lowest BCUT2D eigenvalue weighted by Gasteiger charge is -2.30. The second-order valence-corrected chi connectivity index (χ2v) is 9.31. The topological polar surface area (TPSA) is 86.2 Å². The molecule has 11 heteroatoms. The third-order valence-electron chi connectivity index (χ3n) is 6.80. The summed E-state index contributed by atoms with van der Waals surface area (Å²) < 4.78 is 70.9. The van der Waals surface area contributed by atoms with Crippen molar-refractivity contribution in [2.24, 2.45) is 27.7 Å². The average molecular weight is 538 g/mol. The number of nitrogens with one attached hydrogen (secondary N) is 1. The van der Waals surface area contributed by atoms with Crippen LogP contribution in [0, 0.1) is 40.9 Å². The number of rotatable bonds is 11. The SMILES string of the molecule is C/N=C(/c1ccc(Cc2c(F)c(F)cc(F)c2F)cc1F)C1C(N)=NN(C)C1CC(CC/C=C/O)CNC. The van der Waals surface area contributed by atoms with E-state index >= 15 is 4.39 Å². The minimum atomic E-state index is -1.52. The maximum Gasteiger partial charge on any atom is 0.165 e. The van der Waals surface area contributed by atoms with E-state index in [1.807, 2.05) is 7.05 Å². The number of hydrogen-bond acceptors (Lipinski definition) is 6. The lowest BCUT2D eigenvalue weighted by atomic mass is 9.83. The first kappa shape index (κ1) is 29.1. The molecule has 3 rings (SSSR count). The van der Waals surface area contributed by atoms with Gasteiger partial charge in [0.2, 0.25) is 0 Å². The summed E-state index contributed by atoms with van der Waals surface area (Å²) in [6.45, 7) is 0.714. The van der Waals surface area contributed by atoms with E-state index in [2.05, 4.69) is 15.4 Å². The van der Waals surface area contributed by atoms with Crippen molar-refractivity contribution in [1.29, 1.82) is 0 Å². The molecule has 0 bridgehead atoms. The Hall–Kier alpha value is -3.47. The molecule has 2 aromatic rings. The molecule has 206 valence electrons. The van der Waals surface area contributed by atoms with Gasteiger partial charge in [0.15, 0.2) is 23.3 Å². The molecule has 2 aromatic carbocycles. The van der Waals surface area contributed by atoms with Crippen LogP contribution in [0.15, 0.2) is 46.7 Å². The van der Waals surface area contributed by atoms with Crippen LogP contribution in [0.1, 0.15) is 36.0 Å². The van der Waals surface area contributed by atoms with E-state index in [0.29, 0.717) is 25.1 Å². The number of hydrogen-bond donors (Lipinski definition) is 3. The molecule has 1 aliphatic rings. The van der Waals surface area contributed by atoms with E-state index in [-0.39, 0.29) is 35.0 Å². The first-order chi connectivity index (χ1) is 18.1. The van der Waals surface area contributed by atoms with Crippen LogP contribution in [0.25, 0.3) is 0 Å². The summed E-state index contributed by atoms with van der Waals surface area (Å²) in [7, 11) is 5.15. The summed E-state index contributed by atoms with van der Waals surface area (Å²) in [5, 5.41) is 18.3. The summed E-state index contributed by atoms with van der Waals surface area (Å²) in [4.78, 5) is 4.34. The van der Waals surface area contributed by atoms with Crippen molar-refractivity contribution in [2.45, 2.75) is 31.7 Å². The summed E-state index contributed by atoms with van der Waals surface area (Å²) in [6, 6.07) is 3.82. The van der Waals surface area contributed by atoms with Gasteiger partial charge in [-0.2, -0.15) is 5.10 Å². The summed E-state index contributed by atoms with van der Waals surface area (Å²) in [6.07, 6.45) is 4.29. The van der Waals surface area contributed by atoms with Crippen LogP contribution in [0.4, 0.5) is 22.0 Å². The zero-order valence-electron chi connectivity index (χ0n) is 21.5. The molecule has 3 atom stereocenters. The Morgan fingerprint density at radius 1 is 1.16 bits per heavy atom. The number of allylic oxidation sites excluding steroid dienone is 1. The second kappa shape index (κ2) is 12.9. The third-order valence-corrected chi connectivity index (χ3v) is 6.80.